The quantitative estimate of drug-likeness (QED) is 0.832. The number of aliphatic hydroxyl groups is 1. The Kier molecular flexibility index (Phi) is 5.63. The van der Waals surface area contributed by atoms with E-state index in [-0.39, 0.29) is 5.25 Å². The molecule has 6 heteroatoms. The predicted molar refractivity (Wildman–Crippen MR) is 97.6 cm³/mol. The van der Waals surface area contributed by atoms with Crippen molar-refractivity contribution >= 4 is 22.6 Å². The van der Waals surface area contributed by atoms with Crippen molar-refractivity contribution in [2.45, 2.75) is 67.2 Å². The van der Waals surface area contributed by atoms with E-state index >= 15 is 0 Å². The Balaban J connectivity index is 1.80. The molecule has 24 heavy (non-hydrogen) atoms. The van der Waals surface area contributed by atoms with Gasteiger partial charge in [0.15, 0.2) is 0 Å². The third-order valence-electron chi connectivity index (χ3n) is 5.17. The highest BCUT2D eigenvalue weighted by atomic mass is 32.2. The maximum Gasteiger partial charge on any atom is 0.114 e. The molecular weight excluding hydrogens is 340 g/mol. The number of rotatable bonds is 4. The molecule has 0 spiro atoms. The first kappa shape index (κ1) is 17.9. The maximum absolute atomic E-state index is 12.0. The number of hydrogen-bond donors (Lipinski definition) is 1. The highest BCUT2D eigenvalue weighted by molar-refractivity contribution is 7.99. The normalized spacial score (nSPS) is 28.0. The fraction of sp³-hybridized carbons (Fsp3) is 0.667. The van der Waals surface area contributed by atoms with Gasteiger partial charge in [-0.2, -0.15) is 5.26 Å². The summed E-state index contributed by atoms with van der Waals surface area (Å²) in [7, 11) is -1.04. The molecule has 2 aliphatic carbocycles. The zero-order valence-corrected chi connectivity index (χ0v) is 15.7. The molecule has 0 saturated heterocycles. The molecule has 1 fully saturated rings. The Morgan fingerprint density at radius 1 is 1.42 bits per heavy atom. The zero-order chi connectivity index (χ0) is 17.2. The van der Waals surface area contributed by atoms with Gasteiger partial charge in [-0.05, 0) is 50.2 Å². The molecule has 0 unspecified atom stereocenters. The number of aromatic nitrogens is 1. The van der Waals surface area contributed by atoms with Crippen LogP contribution in [0.3, 0.4) is 0 Å². The van der Waals surface area contributed by atoms with Crippen molar-refractivity contribution in [1.82, 2.24) is 4.98 Å². The van der Waals surface area contributed by atoms with Crippen LogP contribution in [0, 0.1) is 11.3 Å². The van der Waals surface area contributed by atoms with Crippen molar-refractivity contribution < 1.29 is 9.32 Å². The third kappa shape index (κ3) is 3.68. The molecule has 4 nitrogen and oxygen atoms in total. The van der Waals surface area contributed by atoms with Gasteiger partial charge in [-0.25, -0.2) is 4.98 Å². The average molecular weight is 365 g/mol. The second-order valence-electron chi connectivity index (χ2n) is 6.89. The van der Waals surface area contributed by atoms with Crippen LogP contribution in [0.4, 0.5) is 0 Å². The van der Waals surface area contributed by atoms with Crippen LogP contribution in [0.1, 0.15) is 55.3 Å². The topological polar surface area (TPSA) is 74.0 Å². The van der Waals surface area contributed by atoms with Gasteiger partial charge in [0.2, 0.25) is 0 Å². The summed E-state index contributed by atoms with van der Waals surface area (Å²) in [5.74, 6) is 0.456. The van der Waals surface area contributed by atoms with Crippen molar-refractivity contribution in [3.8, 4) is 6.07 Å². The smallest absolute Gasteiger partial charge is 0.114 e. The molecule has 0 aromatic carbocycles. The maximum atomic E-state index is 12.0. The van der Waals surface area contributed by atoms with E-state index in [2.05, 4.69) is 6.07 Å². The second-order valence-corrected chi connectivity index (χ2v) is 9.42. The van der Waals surface area contributed by atoms with Crippen LogP contribution in [-0.4, -0.2) is 37.2 Å². The first-order valence-electron chi connectivity index (χ1n) is 8.64. The van der Waals surface area contributed by atoms with E-state index in [1.165, 1.54) is 17.3 Å². The Morgan fingerprint density at radius 2 is 2.21 bits per heavy atom. The molecule has 0 amide bonds. The number of fused-ring (bicyclic) bond motifs is 1. The molecule has 3 rings (SSSR count). The van der Waals surface area contributed by atoms with Crippen LogP contribution in [0.15, 0.2) is 11.1 Å². The lowest BCUT2D eigenvalue weighted by molar-refractivity contribution is 0.0326. The largest absolute Gasteiger partial charge is 0.388 e. The molecule has 0 aliphatic heterocycles. The van der Waals surface area contributed by atoms with Crippen LogP contribution in [0.25, 0.3) is 0 Å². The molecule has 1 aromatic heterocycles. The van der Waals surface area contributed by atoms with Crippen molar-refractivity contribution in [3.05, 3.63) is 22.9 Å². The summed E-state index contributed by atoms with van der Waals surface area (Å²) >= 11 is 1.45. The van der Waals surface area contributed by atoms with Gasteiger partial charge in [-0.15, -0.1) is 11.8 Å². The van der Waals surface area contributed by atoms with E-state index in [9.17, 15) is 14.6 Å². The van der Waals surface area contributed by atoms with Gasteiger partial charge in [-0.1, -0.05) is 12.8 Å². The summed E-state index contributed by atoms with van der Waals surface area (Å²) in [6.07, 6.45) is 9.45. The number of pyridine rings is 1. The SMILES string of the molecule is C[S@@](=O)[C@@H]1CCCC[C@@]1(O)CSc1nc2c(cc1C#N)CCCC2. The summed E-state index contributed by atoms with van der Waals surface area (Å²) in [5.41, 5.74) is 1.99. The number of nitriles is 1. The van der Waals surface area contributed by atoms with Crippen molar-refractivity contribution in [2.24, 2.45) is 0 Å². The van der Waals surface area contributed by atoms with E-state index < -0.39 is 16.4 Å². The molecule has 0 radical (unpaired) electrons. The minimum absolute atomic E-state index is 0.179. The molecule has 1 N–H and O–H groups in total. The van der Waals surface area contributed by atoms with Crippen molar-refractivity contribution in [1.29, 1.82) is 5.26 Å². The van der Waals surface area contributed by atoms with E-state index in [0.717, 1.165) is 55.7 Å². The molecular formula is C18H24N2O2S2. The summed E-state index contributed by atoms with van der Waals surface area (Å²) in [4.78, 5) is 4.72. The molecule has 3 atom stereocenters. The lowest BCUT2D eigenvalue weighted by Crippen LogP contribution is -2.49. The van der Waals surface area contributed by atoms with Crippen LogP contribution < -0.4 is 0 Å². The summed E-state index contributed by atoms with van der Waals surface area (Å²) in [5, 5.41) is 21.0. The lowest BCUT2D eigenvalue weighted by atomic mass is 9.86. The van der Waals surface area contributed by atoms with Crippen molar-refractivity contribution in [2.75, 3.05) is 12.0 Å². The first-order valence-corrected chi connectivity index (χ1v) is 11.2. The van der Waals surface area contributed by atoms with E-state index in [4.69, 9.17) is 4.98 Å². The van der Waals surface area contributed by atoms with E-state index in [1.54, 1.807) is 6.26 Å². The predicted octanol–water partition coefficient (Wildman–Crippen LogP) is 2.98. The van der Waals surface area contributed by atoms with Gasteiger partial charge < -0.3 is 5.11 Å². The van der Waals surface area contributed by atoms with Crippen LogP contribution >= 0.6 is 11.8 Å². The minimum Gasteiger partial charge on any atom is -0.388 e. The van der Waals surface area contributed by atoms with Gasteiger partial charge in [0, 0.05) is 28.5 Å². The van der Waals surface area contributed by atoms with Crippen molar-refractivity contribution in [3.63, 3.8) is 0 Å². The molecule has 0 bridgehead atoms. The first-order chi connectivity index (χ1) is 11.5. The molecule has 1 heterocycles. The summed E-state index contributed by atoms with van der Waals surface area (Å²) in [6, 6.07) is 4.23. The van der Waals surface area contributed by atoms with Crippen LogP contribution in [-0.2, 0) is 23.6 Å². The molecule has 1 saturated carbocycles. The number of thioether (sulfide) groups is 1. The van der Waals surface area contributed by atoms with Gasteiger partial charge in [0.25, 0.3) is 0 Å². The van der Waals surface area contributed by atoms with Gasteiger partial charge in [0.1, 0.15) is 11.1 Å². The third-order valence-corrected chi connectivity index (χ3v) is 7.88. The fourth-order valence-corrected chi connectivity index (χ4v) is 6.42. The van der Waals surface area contributed by atoms with Gasteiger partial charge >= 0.3 is 0 Å². The molecule has 2 aliphatic rings. The Hall–Kier alpha value is -0.900. The van der Waals surface area contributed by atoms with Gasteiger partial charge in [0.05, 0.1) is 16.4 Å². The second kappa shape index (κ2) is 7.55. The van der Waals surface area contributed by atoms with Gasteiger partial charge in [-0.3, -0.25) is 4.21 Å². The Morgan fingerprint density at radius 3 is 2.96 bits per heavy atom. The minimum atomic E-state index is -1.04. The van der Waals surface area contributed by atoms with E-state index in [1.807, 2.05) is 6.07 Å². The standard InChI is InChI=1S/C18H24N2O2S2/c1-24(22)16-8-4-5-9-18(16,21)12-23-17-14(11-19)10-13-6-2-3-7-15(13)20-17/h10,16,21H,2-9,12H2,1H3/t16-,18-,24-/m1/s1. The Labute approximate surface area is 150 Å². The highest BCUT2D eigenvalue weighted by Crippen LogP contribution is 2.37. The highest BCUT2D eigenvalue weighted by Gasteiger charge is 2.41. The van der Waals surface area contributed by atoms with E-state index in [0.29, 0.717) is 17.7 Å². The number of nitrogens with zero attached hydrogens (tertiary/aromatic N) is 2. The Bertz CT molecular complexity index is 686. The molecule has 1 aromatic rings. The number of aryl methyl sites for hydroxylation is 2. The average Bonchev–Trinajstić information content (AvgIpc) is 2.59. The van der Waals surface area contributed by atoms with Crippen LogP contribution in [0.5, 0.6) is 0 Å². The summed E-state index contributed by atoms with van der Waals surface area (Å²) < 4.78 is 12.0. The summed E-state index contributed by atoms with van der Waals surface area (Å²) in [6.45, 7) is 0. The number of hydrogen-bond acceptors (Lipinski definition) is 5. The fourth-order valence-electron chi connectivity index (χ4n) is 3.83. The zero-order valence-electron chi connectivity index (χ0n) is 14.1. The lowest BCUT2D eigenvalue weighted by Gasteiger charge is -2.38. The monoisotopic (exact) mass is 364 g/mol. The van der Waals surface area contributed by atoms with Crippen LogP contribution in [0.2, 0.25) is 0 Å². The molecule has 130 valence electrons.